The van der Waals surface area contributed by atoms with Crippen LogP contribution in [0.2, 0.25) is 0 Å². The van der Waals surface area contributed by atoms with E-state index in [1.807, 2.05) is 24.3 Å². The van der Waals surface area contributed by atoms with Crippen LogP contribution in [0.3, 0.4) is 0 Å². The first-order valence-electron chi connectivity index (χ1n) is 8.56. The van der Waals surface area contributed by atoms with E-state index < -0.39 is 4.92 Å². The molecule has 0 fully saturated rings. The van der Waals surface area contributed by atoms with Crippen molar-refractivity contribution in [2.24, 2.45) is 12.0 Å². The highest BCUT2D eigenvalue weighted by atomic mass is 32.2. The average molecular weight is 418 g/mol. The smallest absolute Gasteiger partial charge is 0.271 e. The summed E-state index contributed by atoms with van der Waals surface area (Å²) in [5.74, 6) is 1.45. The Morgan fingerprint density at radius 2 is 2.04 bits per heavy atom. The molecule has 0 radical (unpaired) electrons. The van der Waals surface area contributed by atoms with Crippen LogP contribution < -0.4 is 9.54 Å². The average Bonchev–Trinajstić information content (AvgIpc) is 3.00. The summed E-state index contributed by atoms with van der Waals surface area (Å²) in [6, 6.07) is 12.5. The molecule has 9 heteroatoms. The minimum atomic E-state index is -0.431. The number of fused-ring (bicyclic) bond motifs is 1. The van der Waals surface area contributed by atoms with Crippen LogP contribution in [0.1, 0.15) is 12.8 Å². The fraction of sp³-hybridized carbons (Fsp3) is 0.263. The number of carbonyl (C=O) groups excluding carboxylic acids is 1. The number of thioether (sulfide) groups is 1. The molecular weight excluding hydrogens is 398 g/mol. The maximum absolute atomic E-state index is 12.2. The standard InChI is InChI=1S/C19H19N3O4S2/c1-21-16-12-13(22(24)25)5-10-17(16)28-19(21)20-18(23)4-3-11-27-15-8-6-14(26-2)7-9-15/h5-10,12H,3-4,11H2,1-2H3. The van der Waals surface area contributed by atoms with Gasteiger partial charge in [-0.15, -0.1) is 11.8 Å². The van der Waals surface area contributed by atoms with Crippen LogP contribution in [0.25, 0.3) is 10.2 Å². The molecule has 0 aliphatic rings. The van der Waals surface area contributed by atoms with E-state index in [-0.39, 0.29) is 11.6 Å². The van der Waals surface area contributed by atoms with Crippen LogP contribution in [-0.2, 0) is 11.8 Å². The molecule has 7 nitrogen and oxygen atoms in total. The second kappa shape index (κ2) is 9.03. The van der Waals surface area contributed by atoms with E-state index in [1.165, 1.54) is 23.5 Å². The summed E-state index contributed by atoms with van der Waals surface area (Å²) in [6.07, 6.45) is 1.08. The third-order valence-electron chi connectivity index (χ3n) is 4.09. The zero-order valence-corrected chi connectivity index (χ0v) is 17.1. The minimum absolute atomic E-state index is 0.0225. The summed E-state index contributed by atoms with van der Waals surface area (Å²) in [5, 5.41) is 10.9. The van der Waals surface area contributed by atoms with Crippen molar-refractivity contribution in [2.45, 2.75) is 17.7 Å². The number of amides is 1. The van der Waals surface area contributed by atoms with Gasteiger partial charge in [0.25, 0.3) is 5.69 Å². The van der Waals surface area contributed by atoms with Gasteiger partial charge in [-0.05, 0) is 42.5 Å². The van der Waals surface area contributed by atoms with Gasteiger partial charge >= 0.3 is 0 Å². The second-order valence-electron chi connectivity index (χ2n) is 5.99. The van der Waals surface area contributed by atoms with Crippen LogP contribution in [0.5, 0.6) is 5.75 Å². The molecule has 0 atom stereocenters. The van der Waals surface area contributed by atoms with E-state index >= 15 is 0 Å². The van der Waals surface area contributed by atoms with Crippen LogP contribution in [0.4, 0.5) is 5.69 Å². The fourth-order valence-electron chi connectivity index (χ4n) is 2.58. The maximum atomic E-state index is 12.2. The van der Waals surface area contributed by atoms with Crippen molar-refractivity contribution in [3.63, 3.8) is 0 Å². The van der Waals surface area contributed by atoms with E-state index in [9.17, 15) is 14.9 Å². The second-order valence-corrected chi connectivity index (χ2v) is 8.16. The number of ether oxygens (including phenoxy) is 1. The number of carbonyl (C=O) groups is 1. The van der Waals surface area contributed by atoms with Gasteiger partial charge in [0, 0.05) is 30.5 Å². The number of hydrogen-bond donors (Lipinski definition) is 0. The molecule has 1 amide bonds. The highest BCUT2D eigenvalue weighted by Gasteiger charge is 2.11. The Balaban J connectivity index is 1.60. The van der Waals surface area contributed by atoms with Gasteiger partial charge in [0.1, 0.15) is 5.75 Å². The molecule has 0 spiro atoms. The number of rotatable bonds is 7. The van der Waals surface area contributed by atoms with Crippen LogP contribution in [-0.4, -0.2) is 28.3 Å². The molecule has 3 rings (SSSR count). The van der Waals surface area contributed by atoms with Crippen LogP contribution in [0.15, 0.2) is 52.4 Å². The molecule has 0 aliphatic heterocycles. The van der Waals surface area contributed by atoms with Crippen molar-refractivity contribution < 1.29 is 14.5 Å². The van der Waals surface area contributed by atoms with Gasteiger partial charge in [0.2, 0.25) is 5.91 Å². The van der Waals surface area contributed by atoms with Crippen molar-refractivity contribution in [3.8, 4) is 5.75 Å². The first kappa shape index (κ1) is 20.1. The van der Waals surface area contributed by atoms with Gasteiger partial charge in [-0.3, -0.25) is 14.9 Å². The lowest BCUT2D eigenvalue weighted by Gasteiger charge is -2.02. The number of nitrogens with zero attached hydrogens (tertiary/aromatic N) is 3. The summed E-state index contributed by atoms with van der Waals surface area (Å²) in [6.45, 7) is 0. The quantitative estimate of drug-likeness (QED) is 0.249. The van der Waals surface area contributed by atoms with E-state index in [2.05, 4.69) is 4.99 Å². The summed E-state index contributed by atoms with van der Waals surface area (Å²) < 4.78 is 7.71. The third-order valence-corrected chi connectivity index (χ3v) is 6.30. The number of aryl methyl sites for hydroxylation is 1. The summed E-state index contributed by atoms with van der Waals surface area (Å²) in [7, 11) is 3.39. The van der Waals surface area contributed by atoms with E-state index in [0.29, 0.717) is 16.7 Å². The third kappa shape index (κ3) is 4.79. The predicted molar refractivity (Wildman–Crippen MR) is 111 cm³/mol. The van der Waals surface area contributed by atoms with Crippen LogP contribution in [0, 0.1) is 10.1 Å². The molecule has 0 N–H and O–H groups in total. The van der Waals surface area contributed by atoms with Gasteiger partial charge in [-0.1, -0.05) is 11.3 Å². The lowest BCUT2D eigenvalue weighted by molar-refractivity contribution is -0.384. The number of methoxy groups -OCH3 is 1. The highest BCUT2D eigenvalue weighted by molar-refractivity contribution is 7.99. The van der Waals surface area contributed by atoms with Crippen molar-refractivity contribution in [1.82, 2.24) is 4.57 Å². The molecule has 3 aromatic rings. The molecule has 1 heterocycles. The van der Waals surface area contributed by atoms with E-state index in [0.717, 1.165) is 27.5 Å². The summed E-state index contributed by atoms with van der Waals surface area (Å²) in [4.78, 5) is 28.6. The molecule has 0 unspecified atom stereocenters. The molecule has 0 saturated heterocycles. The molecular formula is C19H19N3O4S2. The Morgan fingerprint density at radius 3 is 2.71 bits per heavy atom. The maximum Gasteiger partial charge on any atom is 0.271 e. The summed E-state index contributed by atoms with van der Waals surface area (Å²) >= 11 is 3.03. The topological polar surface area (TPSA) is 86.7 Å². The van der Waals surface area contributed by atoms with Gasteiger partial charge in [0.15, 0.2) is 4.80 Å². The van der Waals surface area contributed by atoms with Gasteiger partial charge in [-0.25, -0.2) is 0 Å². The molecule has 0 saturated carbocycles. The van der Waals surface area contributed by atoms with Crippen molar-refractivity contribution in [2.75, 3.05) is 12.9 Å². The first-order valence-corrected chi connectivity index (χ1v) is 10.4. The predicted octanol–water partition coefficient (Wildman–Crippen LogP) is 4.16. The van der Waals surface area contributed by atoms with Gasteiger partial charge in [0.05, 0.1) is 22.2 Å². The number of nitro groups is 1. The Kier molecular flexibility index (Phi) is 6.48. The number of non-ortho nitro benzene ring substituents is 1. The Bertz CT molecular complexity index is 1070. The van der Waals surface area contributed by atoms with Crippen molar-refractivity contribution in [1.29, 1.82) is 0 Å². The Hall–Kier alpha value is -2.65. The number of benzene rings is 2. The largest absolute Gasteiger partial charge is 0.497 e. The number of hydrogen-bond acceptors (Lipinski definition) is 6. The minimum Gasteiger partial charge on any atom is -0.497 e. The molecule has 146 valence electrons. The van der Waals surface area contributed by atoms with E-state index in [4.69, 9.17) is 4.74 Å². The SMILES string of the molecule is COc1ccc(SCCCC(=O)N=c2sc3ccc([N+](=O)[O-])cc3n2C)cc1. The molecule has 1 aromatic heterocycles. The first-order chi connectivity index (χ1) is 13.5. The number of aromatic nitrogens is 1. The molecule has 0 aliphatic carbocycles. The number of nitro benzene ring substituents is 1. The zero-order valence-electron chi connectivity index (χ0n) is 15.5. The molecule has 28 heavy (non-hydrogen) atoms. The van der Waals surface area contributed by atoms with Crippen molar-refractivity contribution in [3.05, 3.63) is 57.4 Å². The zero-order chi connectivity index (χ0) is 20.1. The van der Waals surface area contributed by atoms with Gasteiger partial charge < -0.3 is 9.30 Å². The van der Waals surface area contributed by atoms with Crippen LogP contribution >= 0.6 is 23.1 Å². The Morgan fingerprint density at radius 1 is 1.29 bits per heavy atom. The molecule has 0 bridgehead atoms. The lowest BCUT2D eigenvalue weighted by atomic mass is 10.3. The number of thiazole rings is 1. The lowest BCUT2D eigenvalue weighted by Crippen LogP contribution is -2.13. The van der Waals surface area contributed by atoms with Crippen molar-refractivity contribution >= 4 is 44.9 Å². The normalized spacial score (nSPS) is 11.7. The Labute approximate surface area is 169 Å². The summed E-state index contributed by atoms with van der Waals surface area (Å²) in [5.41, 5.74) is 0.718. The van der Waals surface area contributed by atoms with Gasteiger partial charge in [-0.2, -0.15) is 4.99 Å². The molecule has 2 aromatic carbocycles. The monoisotopic (exact) mass is 417 g/mol. The van der Waals surface area contributed by atoms with E-state index in [1.54, 1.807) is 36.6 Å². The fourth-order valence-corrected chi connectivity index (χ4v) is 4.45. The highest BCUT2D eigenvalue weighted by Crippen LogP contribution is 2.23.